The van der Waals surface area contributed by atoms with E-state index in [2.05, 4.69) is 40.6 Å². The van der Waals surface area contributed by atoms with E-state index in [1.807, 2.05) is 6.07 Å². The molecule has 9 rings (SSSR count). The molecule has 49 heavy (non-hydrogen) atoms. The Labute approximate surface area is 290 Å². The van der Waals surface area contributed by atoms with Crippen molar-refractivity contribution in [1.29, 1.82) is 5.26 Å². The van der Waals surface area contributed by atoms with Gasteiger partial charge in [0.1, 0.15) is 24.1 Å². The van der Waals surface area contributed by atoms with Crippen molar-refractivity contribution in [1.82, 2.24) is 19.8 Å². The van der Waals surface area contributed by atoms with Gasteiger partial charge in [-0.05, 0) is 85.7 Å². The van der Waals surface area contributed by atoms with Gasteiger partial charge in [0.15, 0.2) is 5.75 Å². The minimum atomic E-state index is -0.870. The molecule has 0 spiro atoms. The van der Waals surface area contributed by atoms with Crippen molar-refractivity contribution < 1.29 is 18.7 Å². The van der Waals surface area contributed by atoms with E-state index in [0.717, 1.165) is 55.2 Å². The van der Waals surface area contributed by atoms with Crippen LogP contribution >= 0.6 is 11.6 Å². The molecule has 6 aliphatic rings. The van der Waals surface area contributed by atoms with Crippen LogP contribution in [0.5, 0.6) is 11.8 Å². The highest BCUT2D eigenvalue weighted by atomic mass is 35.5. The summed E-state index contributed by atoms with van der Waals surface area (Å²) >= 11 is 7.30. The number of halogens is 2. The maximum atomic E-state index is 14.7. The molecule has 3 aliphatic carbocycles. The fraction of sp³-hybridized carbons (Fsp3) is 0.526. The second-order valence-corrected chi connectivity index (χ2v) is 15.3. The Bertz CT molecular complexity index is 1910. The molecule has 11 heteroatoms. The lowest BCUT2D eigenvalue weighted by molar-refractivity contribution is -0.128. The second kappa shape index (κ2) is 11.8. The number of carbonyl (C=O) groups excluding carboxylic acids is 1. The Balaban J connectivity index is 1.18. The molecular weight excluding hydrogens is 643 g/mol. The number of alkyl halides is 1. The van der Waals surface area contributed by atoms with E-state index >= 15 is 0 Å². The van der Waals surface area contributed by atoms with Crippen molar-refractivity contribution >= 4 is 34.2 Å². The number of aromatic nitrogens is 2. The molecule has 5 fully saturated rings. The van der Waals surface area contributed by atoms with Crippen LogP contribution in [0.4, 0.5) is 10.2 Å². The van der Waals surface area contributed by atoms with Crippen molar-refractivity contribution in [2.24, 2.45) is 5.92 Å². The number of anilines is 1. The largest absolute Gasteiger partial charge is 0.487 e. The Kier molecular flexibility index (Phi) is 7.51. The molecule has 3 saturated heterocycles. The van der Waals surface area contributed by atoms with Gasteiger partial charge in [0.2, 0.25) is 5.91 Å². The topological polar surface area (TPSA) is 94.8 Å². The summed E-state index contributed by atoms with van der Waals surface area (Å²) in [6.45, 7) is 6.56. The number of carbonyl (C=O) groups is 1. The monoisotopic (exact) mass is 682 g/mol. The number of ether oxygens (including phenoxy) is 2. The van der Waals surface area contributed by atoms with Crippen LogP contribution in [0.3, 0.4) is 0 Å². The molecule has 0 bridgehead atoms. The van der Waals surface area contributed by atoms with Gasteiger partial charge >= 0.3 is 6.01 Å². The Morgan fingerprint density at radius 3 is 2.92 bits per heavy atom. The third-order valence-electron chi connectivity index (χ3n) is 11.7. The van der Waals surface area contributed by atoms with E-state index in [-0.39, 0.29) is 36.0 Å². The number of nitrogens with zero attached hydrogens (tertiary/aromatic N) is 6. The van der Waals surface area contributed by atoms with Crippen molar-refractivity contribution in [3.63, 3.8) is 0 Å². The Morgan fingerprint density at radius 2 is 2.10 bits per heavy atom. The number of hydrogen-bond donors (Lipinski definition) is 0. The maximum Gasteiger partial charge on any atom is 0.319 e. The molecule has 4 heterocycles. The highest BCUT2D eigenvalue weighted by molar-refractivity contribution is 6.35. The van der Waals surface area contributed by atoms with E-state index in [4.69, 9.17) is 31.0 Å². The smallest absolute Gasteiger partial charge is 0.319 e. The van der Waals surface area contributed by atoms with Crippen molar-refractivity contribution in [2.45, 2.75) is 81.1 Å². The standard InChI is InChI=1S/C38H40ClFN6O3/c1-2-32(47)46-14-13-44(20-24(46)9-11-41)36-30-17-31(39)33(27-6-3-5-26-28-15-22(28)16-29(26)27)35(49-25-7-8-25)34(30)42-37(43-36)48-21-38-10-4-12-45(38)19-23(40)18-38/h2-3,5-6,17,22-25,28H,1,4,7-10,12-16,18-21H2/t22-,23+,24-,28-,38-/m0/s1. The molecule has 3 aromatic rings. The third-order valence-corrected chi connectivity index (χ3v) is 12.0. The molecule has 1 aromatic heterocycles. The third kappa shape index (κ3) is 5.32. The lowest BCUT2D eigenvalue weighted by Gasteiger charge is -2.41. The fourth-order valence-electron chi connectivity index (χ4n) is 9.11. The first-order chi connectivity index (χ1) is 23.9. The van der Waals surface area contributed by atoms with Gasteiger partial charge in [-0.3, -0.25) is 9.69 Å². The van der Waals surface area contributed by atoms with Gasteiger partial charge in [0.25, 0.3) is 0 Å². The van der Waals surface area contributed by atoms with Crippen LogP contribution in [0.15, 0.2) is 36.9 Å². The lowest BCUT2D eigenvalue weighted by Crippen LogP contribution is -2.55. The van der Waals surface area contributed by atoms with Crippen molar-refractivity contribution in [2.75, 3.05) is 44.2 Å². The highest BCUT2D eigenvalue weighted by Crippen LogP contribution is 2.59. The molecule has 0 N–H and O–H groups in total. The van der Waals surface area contributed by atoms with Gasteiger partial charge in [0, 0.05) is 43.5 Å². The summed E-state index contributed by atoms with van der Waals surface area (Å²) in [7, 11) is 0. The molecule has 0 radical (unpaired) electrons. The minimum absolute atomic E-state index is 0.0766. The van der Waals surface area contributed by atoms with E-state index < -0.39 is 6.17 Å². The second-order valence-electron chi connectivity index (χ2n) is 14.8. The number of hydrogen-bond acceptors (Lipinski definition) is 8. The summed E-state index contributed by atoms with van der Waals surface area (Å²) < 4.78 is 27.9. The van der Waals surface area contributed by atoms with Crippen molar-refractivity contribution in [3.05, 3.63) is 53.1 Å². The highest BCUT2D eigenvalue weighted by Gasteiger charge is 2.50. The van der Waals surface area contributed by atoms with Gasteiger partial charge in [-0.15, -0.1) is 0 Å². The average Bonchev–Trinajstić information content (AvgIpc) is 3.98. The molecule has 5 atom stereocenters. The van der Waals surface area contributed by atoms with Gasteiger partial charge in [0.05, 0.1) is 35.2 Å². The normalized spacial score (nSPS) is 28.6. The van der Waals surface area contributed by atoms with Crippen LogP contribution in [0.2, 0.25) is 5.02 Å². The van der Waals surface area contributed by atoms with Gasteiger partial charge < -0.3 is 19.3 Å². The summed E-state index contributed by atoms with van der Waals surface area (Å²) in [4.78, 5) is 28.9. The van der Waals surface area contributed by atoms with Crippen LogP contribution < -0.4 is 14.4 Å². The number of amides is 1. The predicted octanol–water partition coefficient (Wildman–Crippen LogP) is 6.22. The maximum absolute atomic E-state index is 14.7. The van der Waals surface area contributed by atoms with E-state index in [0.29, 0.717) is 73.1 Å². The molecule has 254 valence electrons. The molecular formula is C38H40ClFN6O3. The Hall–Kier alpha value is -3.94. The van der Waals surface area contributed by atoms with Gasteiger partial charge in [-0.2, -0.15) is 15.2 Å². The summed E-state index contributed by atoms with van der Waals surface area (Å²) in [5.74, 6) is 2.42. The first kappa shape index (κ1) is 31.1. The number of fused-ring (bicyclic) bond motifs is 5. The molecule has 1 amide bonds. The SMILES string of the molecule is C=CC(=O)N1CCN(c2nc(OC[C@@]34CCCN3C[C@H](F)C4)nc3c(OC4CC4)c(-c4cccc5c4C[C@@H]4C[C@H]54)c(Cl)cc23)C[C@@H]1CC#N. The number of piperazine rings is 1. The van der Waals surface area contributed by atoms with E-state index in [1.165, 1.54) is 23.6 Å². The Morgan fingerprint density at radius 1 is 1.22 bits per heavy atom. The predicted molar refractivity (Wildman–Crippen MR) is 185 cm³/mol. The van der Waals surface area contributed by atoms with E-state index in [1.54, 1.807) is 4.90 Å². The zero-order chi connectivity index (χ0) is 33.4. The van der Waals surface area contributed by atoms with Crippen LogP contribution in [-0.2, 0) is 11.2 Å². The van der Waals surface area contributed by atoms with Crippen molar-refractivity contribution in [3.8, 4) is 29.0 Å². The van der Waals surface area contributed by atoms with Crippen LogP contribution in [0.1, 0.15) is 62.0 Å². The number of benzene rings is 2. The first-order valence-corrected chi connectivity index (χ1v) is 18.1. The summed E-state index contributed by atoms with van der Waals surface area (Å²) in [5.41, 5.74) is 4.99. The van der Waals surface area contributed by atoms with Crippen LogP contribution in [-0.4, -0.2) is 88.9 Å². The molecule has 3 aliphatic heterocycles. The molecule has 9 nitrogen and oxygen atoms in total. The molecule has 2 aromatic carbocycles. The molecule has 0 unspecified atom stereocenters. The fourth-order valence-corrected chi connectivity index (χ4v) is 9.40. The summed E-state index contributed by atoms with van der Waals surface area (Å²) in [6, 6.07) is 10.6. The minimum Gasteiger partial charge on any atom is -0.487 e. The molecule has 2 saturated carbocycles. The number of nitriles is 1. The zero-order valence-corrected chi connectivity index (χ0v) is 28.3. The van der Waals surface area contributed by atoms with E-state index in [9.17, 15) is 14.4 Å². The van der Waals surface area contributed by atoms with Crippen LogP contribution in [0.25, 0.3) is 22.0 Å². The lowest BCUT2D eigenvalue weighted by atomic mass is 9.93. The zero-order valence-electron chi connectivity index (χ0n) is 27.5. The quantitative estimate of drug-likeness (QED) is 0.246. The van der Waals surface area contributed by atoms with Gasteiger partial charge in [-0.1, -0.05) is 36.4 Å². The average molecular weight is 683 g/mol. The summed E-state index contributed by atoms with van der Waals surface area (Å²) in [5, 5.41) is 11.0. The number of rotatable bonds is 9. The first-order valence-electron chi connectivity index (χ1n) is 17.8. The van der Waals surface area contributed by atoms with Crippen LogP contribution in [0, 0.1) is 17.2 Å². The van der Waals surface area contributed by atoms with Gasteiger partial charge in [-0.25, -0.2) is 4.39 Å². The summed E-state index contributed by atoms with van der Waals surface area (Å²) in [6.07, 6.45) is 7.23.